The molecule has 4 rings (SSSR count). The Labute approximate surface area is 185 Å². The van der Waals surface area contributed by atoms with Gasteiger partial charge in [-0.2, -0.15) is 0 Å². The van der Waals surface area contributed by atoms with Gasteiger partial charge in [0.25, 0.3) is 0 Å². The second kappa shape index (κ2) is 8.62. The SMILES string of the molecule is COc1ccc(-n2c(-c3cc(OC)c(OC)c(OC)c3)nc3c(C)ncnc32)cc1OC. The first-order valence-corrected chi connectivity index (χ1v) is 9.79. The Morgan fingerprint density at radius 1 is 0.719 bits per heavy atom. The van der Waals surface area contributed by atoms with Crippen LogP contribution in [0.25, 0.3) is 28.2 Å². The number of methoxy groups -OCH3 is 5. The van der Waals surface area contributed by atoms with E-state index in [1.54, 1.807) is 35.5 Å². The number of benzene rings is 2. The zero-order valence-corrected chi connectivity index (χ0v) is 18.8. The molecule has 0 bridgehead atoms. The smallest absolute Gasteiger partial charge is 0.203 e. The molecule has 0 saturated heterocycles. The molecule has 32 heavy (non-hydrogen) atoms. The lowest BCUT2D eigenvalue weighted by Gasteiger charge is -2.16. The minimum absolute atomic E-state index is 0.503. The molecule has 0 amide bonds. The molecule has 0 saturated carbocycles. The van der Waals surface area contributed by atoms with Gasteiger partial charge in [-0.15, -0.1) is 0 Å². The van der Waals surface area contributed by atoms with E-state index >= 15 is 0 Å². The van der Waals surface area contributed by atoms with Crippen molar-refractivity contribution in [2.75, 3.05) is 35.5 Å². The lowest BCUT2D eigenvalue weighted by Crippen LogP contribution is -2.02. The predicted molar refractivity (Wildman–Crippen MR) is 120 cm³/mol. The molecule has 0 N–H and O–H groups in total. The molecule has 4 aromatic rings. The predicted octanol–water partition coefficient (Wildman–Crippen LogP) is 3.83. The van der Waals surface area contributed by atoms with Crippen LogP contribution in [-0.2, 0) is 0 Å². The van der Waals surface area contributed by atoms with Crippen molar-refractivity contribution < 1.29 is 23.7 Å². The molecule has 0 radical (unpaired) electrons. The number of hydrogen-bond acceptors (Lipinski definition) is 8. The number of aromatic nitrogens is 4. The van der Waals surface area contributed by atoms with Crippen LogP contribution in [0.2, 0.25) is 0 Å². The molecule has 9 heteroatoms. The van der Waals surface area contributed by atoms with Gasteiger partial charge >= 0.3 is 0 Å². The van der Waals surface area contributed by atoms with Gasteiger partial charge in [0.05, 0.1) is 46.9 Å². The zero-order valence-electron chi connectivity index (χ0n) is 18.8. The highest BCUT2D eigenvalue weighted by Gasteiger charge is 2.22. The van der Waals surface area contributed by atoms with Gasteiger partial charge in [-0.25, -0.2) is 15.0 Å². The summed E-state index contributed by atoms with van der Waals surface area (Å²) in [6, 6.07) is 9.33. The van der Waals surface area contributed by atoms with E-state index in [1.165, 1.54) is 6.33 Å². The molecule has 2 heterocycles. The van der Waals surface area contributed by atoms with E-state index in [0.717, 1.165) is 16.9 Å². The zero-order chi connectivity index (χ0) is 22.8. The monoisotopic (exact) mass is 436 g/mol. The van der Waals surface area contributed by atoms with Gasteiger partial charge < -0.3 is 23.7 Å². The second-order valence-electron chi connectivity index (χ2n) is 6.86. The van der Waals surface area contributed by atoms with Gasteiger partial charge in [0.2, 0.25) is 5.75 Å². The number of hydrogen-bond donors (Lipinski definition) is 0. The van der Waals surface area contributed by atoms with Crippen molar-refractivity contribution in [3.8, 4) is 45.8 Å². The van der Waals surface area contributed by atoms with Crippen LogP contribution in [0.5, 0.6) is 28.7 Å². The van der Waals surface area contributed by atoms with Crippen LogP contribution in [0.3, 0.4) is 0 Å². The third-order valence-corrected chi connectivity index (χ3v) is 5.18. The number of ether oxygens (including phenoxy) is 5. The van der Waals surface area contributed by atoms with E-state index in [-0.39, 0.29) is 0 Å². The molecule has 0 unspecified atom stereocenters. The summed E-state index contributed by atoms with van der Waals surface area (Å²) in [7, 11) is 7.92. The Kier molecular flexibility index (Phi) is 5.72. The lowest BCUT2D eigenvalue weighted by atomic mass is 10.1. The standard InChI is InChI=1S/C23H24N4O5/c1-13-20-23(25-12-24-13)27(15-7-8-16(28-2)17(11-15)29-3)22(26-20)14-9-18(30-4)21(32-6)19(10-14)31-5/h7-12H,1-6H3. The summed E-state index contributed by atoms with van der Waals surface area (Å²) >= 11 is 0. The second-order valence-corrected chi connectivity index (χ2v) is 6.86. The summed E-state index contributed by atoms with van der Waals surface area (Å²) in [5, 5.41) is 0. The Balaban J connectivity index is 2.05. The highest BCUT2D eigenvalue weighted by molar-refractivity contribution is 5.82. The van der Waals surface area contributed by atoms with E-state index in [9.17, 15) is 0 Å². The summed E-state index contributed by atoms with van der Waals surface area (Å²) in [5.74, 6) is 3.40. The van der Waals surface area contributed by atoms with E-state index in [2.05, 4.69) is 9.97 Å². The fourth-order valence-electron chi connectivity index (χ4n) is 3.62. The molecule has 0 atom stereocenters. The van der Waals surface area contributed by atoms with Gasteiger partial charge in [-0.05, 0) is 31.2 Å². The molecule has 9 nitrogen and oxygen atoms in total. The average Bonchev–Trinajstić information content (AvgIpc) is 3.23. The molecule has 166 valence electrons. The van der Waals surface area contributed by atoms with Crippen molar-refractivity contribution in [2.45, 2.75) is 6.92 Å². The Morgan fingerprint density at radius 3 is 1.97 bits per heavy atom. The van der Waals surface area contributed by atoms with Gasteiger partial charge in [0, 0.05) is 11.6 Å². The van der Waals surface area contributed by atoms with Crippen molar-refractivity contribution in [1.82, 2.24) is 19.5 Å². The van der Waals surface area contributed by atoms with Crippen LogP contribution in [0.4, 0.5) is 0 Å². The summed E-state index contributed by atoms with van der Waals surface area (Å²) in [6.45, 7) is 1.90. The van der Waals surface area contributed by atoms with Crippen molar-refractivity contribution in [3.63, 3.8) is 0 Å². The molecular formula is C23H24N4O5. The Morgan fingerprint density at radius 2 is 1.38 bits per heavy atom. The Hall–Kier alpha value is -4.01. The van der Waals surface area contributed by atoms with Gasteiger partial charge in [0.1, 0.15) is 17.7 Å². The first-order chi connectivity index (χ1) is 15.6. The minimum Gasteiger partial charge on any atom is -0.493 e. The molecule has 0 aliphatic carbocycles. The van der Waals surface area contributed by atoms with Crippen LogP contribution >= 0.6 is 0 Å². The maximum atomic E-state index is 5.54. The summed E-state index contributed by atoms with van der Waals surface area (Å²) in [5.41, 5.74) is 3.67. The fraction of sp³-hybridized carbons (Fsp3) is 0.261. The normalized spacial score (nSPS) is 10.8. The summed E-state index contributed by atoms with van der Waals surface area (Å²) in [6.07, 6.45) is 1.52. The third-order valence-electron chi connectivity index (χ3n) is 5.18. The van der Waals surface area contributed by atoms with Crippen molar-refractivity contribution in [3.05, 3.63) is 42.4 Å². The van der Waals surface area contributed by atoms with E-state index < -0.39 is 0 Å². The molecule has 0 fully saturated rings. The molecule has 0 aliphatic rings. The van der Waals surface area contributed by atoms with Crippen LogP contribution < -0.4 is 23.7 Å². The third kappa shape index (κ3) is 3.41. The number of aryl methyl sites for hydroxylation is 1. The largest absolute Gasteiger partial charge is 0.493 e. The van der Waals surface area contributed by atoms with Crippen LogP contribution in [0.1, 0.15) is 5.69 Å². The maximum absolute atomic E-state index is 5.54. The van der Waals surface area contributed by atoms with Crippen molar-refractivity contribution >= 4 is 11.2 Å². The molecule has 0 spiro atoms. The molecule has 0 aliphatic heterocycles. The Bertz CT molecular complexity index is 1260. The number of imidazole rings is 1. The quantitative estimate of drug-likeness (QED) is 0.432. The van der Waals surface area contributed by atoms with Crippen LogP contribution in [0.15, 0.2) is 36.7 Å². The minimum atomic E-state index is 0.503. The molecular weight excluding hydrogens is 412 g/mol. The van der Waals surface area contributed by atoms with Gasteiger partial charge in [-0.1, -0.05) is 0 Å². The molecule has 2 aromatic carbocycles. The number of nitrogens with zero attached hydrogens (tertiary/aromatic N) is 4. The van der Waals surface area contributed by atoms with E-state index in [4.69, 9.17) is 28.7 Å². The van der Waals surface area contributed by atoms with Crippen molar-refractivity contribution in [2.24, 2.45) is 0 Å². The summed E-state index contributed by atoms with van der Waals surface area (Å²) in [4.78, 5) is 13.7. The van der Waals surface area contributed by atoms with E-state index in [1.807, 2.05) is 41.8 Å². The van der Waals surface area contributed by atoms with Gasteiger partial charge in [-0.3, -0.25) is 4.57 Å². The highest BCUT2D eigenvalue weighted by atomic mass is 16.5. The van der Waals surface area contributed by atoms with Gasteiger partial charge in [0.15, 0.2) is 28.6 Å². The first kappa shape index (κ1) is 21.2. The molecule has 2 aromatic heterocycles. The maximum Gasteiger partial charge on any atom is 0.203 e. The number of rotatable bonds is 7. The average molecular weight is 436 g/mol. The van der Waals surface area contributed by atoms with Crippen molar-refractivity contribution in [1.29, 1.82) is 0 Å². The van der Waals surface area contributed by atoms with Crippen LogP contribution in [-0.4, -0.2) is 55.1 Å². The topological polar surface area (TPSA) is 89.8 Å². The fourth-order valence-corrected chi connectivity index (χ4v) is 3.62. The highest BCUT2D eigenvalue weighted by Crippen LogP contribution is 2.42. The lowest BCUT2D eigenvalue weighted by molar-refractivity contribution is 0.324. The van der Waals surface area contributed by atoms with Crippen LogP contribution in [0, 0.1) is 6.92 Å². The first-order valence-electron chi connectivity index (χ1n) is 9.79. The van der Waals surface area contributed by atoms with E-state index in [0.29, 0.717) is 45.7 Å². The summed E-state index contributed by atoms with van der Waals surface area (Å²) < 4.78 is 29.4. The number of fused-ring (bicyclic) bond motifs is 1.